The first kappa shape index (κ1) is 13.2. The van der Waals surface area contributed by atoms with Crippen LogP contribution in [0, 0.1) is 15.9 Å². The maximum absolute atomic E-state index is 13.6. The second kappa shape index (κ2) is 5.62. The van der Waals surface area contributed by atoms with Gasteiger partial charge in [0.15, 0.2) is 5.82 Å². The summed E-state index contributed by atoms with van der Waals surface area (Å²) in [6, 6.07) is 6.58. The van der Waals surface area contributed by atoms with E-state index in [-0.39, 0.29) is 11.8 Å². The fourth-order valence-corrected chi connectivity index (χ4v) is 1.56. The summed E-state index contributed by atoms with van der Waals surface area (Å²) in [4.78, 5) is 14.0. The van der Waals surface area contributed by atoms with Gasteiger partial charge in [-0.3, -0.25) is 10.1 Å². The number of alkyl halides is 1. The number of aromatic nitrogens is 1. The first-order valence-corrected chi connectivity index (χ1v) is 5.77. The van der Waals surface area contributed by atoms with Crippen LogP contribution >= 0.6 is 11.6 Å². The molecule has 1 aromatic heterocycles. The summed E-state index contributed by atoms with van der Waals surface area (Å²) in [7, 11) is 0. The molecule has 0 bridgehead atoms. The second-order valence-corrected chi connectivity index (χ2v) is 3.85. The van der Waals surface area contributed by atoms with Gasteiger partial charge in [-0.2, -0.15) is 0 Å². The summed E-state index contributed by atoms with van der Waals surface area (Å²) in [5.74, 6) is -0.939. The molecule has 1 aromatic carbocycles. The van der Waals surface area contributed by atoms with Gasteiger partial charge in [0.2, 0.25) is 11.6 Å². The molecule has 0 unspecified atom stereocenters. The molecule has 0 amide bonds. The number of pyridine rings is 1. The topological polar surface area (TPSA) is 65.3 Å². The average Bonchev–Trinajstić information content (AvgIpc) is 2.41. The van der Waals surface area contributed by atoms with Crippen molar-refractivity contribution in [3.63, 3.8) is 0 Å². The number of benzene rings is 1. The van der Waals surface area contributed by atoms with E-state index in [4.69, 9.17) is 16.3 Å². The van der Waals surface area contributed by atoms with Gasteiger partial charge in [0.1, 0.15) is 0 Å². The lowest BCUT2D eigenvalue weighted by molar-refractivity contribution is -0.385. The van der Waals surface area contributed by atoms with Gasteiger partial charge in [0, 0.05) is 24.2 Å². The number of para-hydroxylation sites is 1. The minimum atomic E-state index is -0.822. The normalized spacial score (nSPS) is 10.2. The van der Waals surface area contributed by atoms with Gasteiger partial charge in [-0.05, 0) is 11.6 Å². The number of nitrogens with zero attached hydrogens (tertiary/aromatic N) is 2. The Kier molecular flexibility index (Phi) is 3.91. The zero-order valence-corrected chi connectivity index (χ0v) is 10.3. The smallest absolute Gasteiger partial charge is 0.314 e. The van der Waals surface area contributed by atoms with Crippen LogP contribution in [0.5, 0.6) is 11.6 Å². The maximum Gasteiger partial charge on any atom is 0.314 e. The van der Waals surface area contributed by atoms with Crippen molar-refractivity contribution in [2.75, 3.05) is 0 Å². The van der Waals surface area contributed by atoms with Gasteiger partial charge in [0.05, 0.1) is 4.92 Å². The first-order chi connectivity index (χ1) is 9.11. The van der Waals surface area contributed by atoms with Crippen molar-refractivity contribution in [2.45, 2.75) is 5.88 Å². The summed E-state index contributed by atoms with van der Waals surface area (Å²) in [5, 5.41) is 10.8. The van der Waals surface area contributed by atoms with Gasteiger partial charge in [-0.25, -0.2) is 9.37 Å². The molecule has 7 heteroatoms. The van der Waals surface area contributed by atoms with E-state index in [1.165, 1.54) is 18.3 Å². The summed E-state index contributed by atoms with van der Waals surface area (Å²) in [6.45, 7) is 0. The van der Waals surface area contributed by atoms with Crippen molar-refractivity contribution in [1.29, 1.82) is 0 Å². The zero-order chi connectivity index (χ0) is 13.8. The fourth-order valence-electron chi connectivity index (χ4n) is 1.40. The number of rotatable bonds is 4. The molecule has 0 aliphatic heterocycles. The molecule has 0 atom stereocenters. The van der Waals surface area contributed by atoms with Gasteiger partial charge < -0.3 is 4.74 Å². The number of halogens is 2. The van der Waals surface area contributed by atoms with Crippen LogP contribution < -0.4 is 4.74 Å². The third-order valence-corrected chi connectivity index (χ3v) is 2.61. The van der Waals surface area contributed by atoms with Gasteiger partial charge in [-0.15, -0.1) is 11.6 Å². The number of hydrogen-bond donors (Lipinski definition) is 0. The molecule has 0 aliphatic carbocycles. The summed E-state index contributed by atoms with van der Waals surface area (Å²) >= 11 is 5.60. The van der Waals surface area contributed by atoms with Gasteiger partial charge >= 0.3 is 5.69 Å². The highest BCUT2D eigenvalue weighted by Crippen LogP contribution is 2.32. The average molecular weight is 283 g/mol. The molecule has 0 radical (unpaired) electrons. The molecule has 0 N–H and O–H groups in total. The van der Waals surface area contributed by atoms with Crippen molar-refractivity contribution >= 4 is 17.3 Å². The Hall–Kier alpha value is -2.21. The van der Waals surface area contributed by atoms with Crippen LogP contribution in [0.4, 0.5) is 10.1 Å². The molecule has 0 saturated heterocycles. The largest absolute Gasteiger partial charge is 0.429 e. The molecule has 19 heavy (non-hydrogen) atoms. The lowest BCUT2D eigenvalue weighted by Gasteiger charge is -2.06. The van der Waals surface area contributed by atoms with Crippen molar-refractivity contribution in [3.8, 4) is 11.6 Å². The molecule has 2 aromatic rings. The van der Waals surface area contributed by atoms with E-state index in [9.17, 15) is 14.5 Å². The van der Waals surface area contributed by atoms with Gasteiger partial charge in [0.25, 0.3) is 0 Å². The summed E-state index contributed by atoms with van der Waals surface area (Å²) in [6.07, 6.45) is 1.45. The molecular formula is C12H8ClFN2O3. The van der Waals surface area contributed by atoms with E-state index in [1.807, 2.05) is 0 Å². The fraction of sp³-hybridized carbons (Fsp3) is 0.0833. The molecule has 2 rings (SSSR count). The monoisotopic (exact) mass is 282 g/mol. The first-order valence-electron chi connectivity index (χ1n) is 5.23. The van der Waals surface area contributed by atoms with Crippen LogP contribution in [0.2, 0.25) is 0 Å². The van der Waals surface area contributed by atoms with Crippen molar-refractivity contribution in [3.05, 3.63) is 58.0 Å². The molecule has 0 aliphatic rings. The number of ether oxygens (including phenoxy) is 1. The Labute approximate surface area is 112 Å². The molecular weight excluding hydrogens is 275 g/mol. The minimum Gasteiger partial charge on any atom is -0.429 e. The SMILES string of the molecule is O=[N+]([O-])c1cccc(F)c1Oc1ccc(CCl)cn1. The Morgan fingerprint density at radius 1 is 1.37 bits per heavy atom. The maximum atomic E-state index is 13.6. The van der Waals surface area contributed by atoms with Crippen LogP contribution in [-0.2, 0) is 5.88 Å². The number of hydrogen-bond acceptors (Lipinski definition) is 4. The molecule has 5 nitrogen and oxygen atoms in total. The van der Waals surface area contributed by atoms with E-state index < -0.39 is 22.2 Å². The Bertz CT molecular complexity index is 604. The molecule has 0 fully saturated rings. The summed E-state index contributed by atoms with van der Waals surface area (Å²) in [5.41, 5.74) is 0.306. The lowest BCUT2D eigenvalue weighted by Crippen LogP contribution is -1.97. The van der Waals surface area contributed by atoms with E-state index >= 15 is 0 Å². The molecule has 0 spiro atoms. The number of nitro groups is 1. The van der Waals surface area contributed by atoms with Crippen LogP contribution in [0.15, 0.2) is 36.5 Å². The predicted octanol–water partition coefficient (Wildman–Crippen LogP) is 3.66. The highest BCUT2D eigenvalue weighted by molar-refractivity contribution is 6.17. The summed E-state index contributed by atoms with van der Waals surface area (Å²) < 4.78 is 18.7. The van der Waals surface area contributed by atoms with Crippen LogP contribution in [0.3, 0.4) is 0 Å². The highest BCUT2D eigenvalue weighted by Gasteiger charge is 2.20. The second-order valence-electron chi connectivity index (χ2n) is 3.59. The predicted molar refractivity (Wildman–Crippen MR) is 66.9 cm³/mol. The number of nitro benzene ring substituents is 1. The van der Waals surface area contributed by atoms with Crippen LogP contribution in [0.1, 0.15) is 5.56 Å². The van der Waals surface area contributed by atoms with E-state index in [0.717, 1.165) is 17.7 Å². The Morgan fingerprint density at radius 2 is 2.16 bits per heavy atom. The van der Waals surface area contributed by atoms with E-state index in [1.54, 1.807) is 6.07 Å². The molecule has 1 heterocycles. The van der Waals surface area contributed by atoms with Crippen molar-refractivity contribution in [1.82, 2.24) is 4.98 Å². The quantitative estimate of drug-likeness (QED) is 0.487. The Morgan fingerprint density at radius 3 is 2.74 bits per heavy atom. The van der Waals surface area contributed by atoms with Crippen molar-refractivity contribution in [2.24, 2.45) is 0 Å². The molecule has 98 valence electrons. The minimum absolute atomic E-state index is 0.0575. The van der Waals surface area contributed by atoms with E-state index in [2.05, 4.69) is 4.98 Å². The zero-order valence-electron chi connectivity index (χ0n) is 9.55. The third-order valence-electron chi connectivity index (χ3n) is 2.30. The van der Waals surface area contributed by atoms with Crippen LogP contribution in [0.25, 0.3) is 0 Å². The lowest BCUT2D eigenvalue weighted by atomic mass is 10.3. The third kappa shape index (κ3) is 2.97. The standard InChI is InChI=1S/C12H8ClFN2O3/c13-6-8-4-5-11(15-7-8)19-12-9(14)2-1-3-10(12)16(17)18/h1-5,7H,6H2. The van der Waals surface area contributed by atoms with Crippen LogP contribution in [-0.4, -0.2) is 9.91 Å². The van der Waals surface area contributed by atoms with Gasteiger partial charge in [-0.1, -0.05) is 12.1 Å². The Balaban J connectivity index is 2.34. The molecule has 0 saturated carbocycles. The van der Waals surface area contributed by atoms with E-state index in [0.29, 0.717) is 0 Å². The van der Waals surface area contributed by atoms with Crippen molar-refractivity contribution < 1.29 is 14.1 Å². The highest BCUT2D eigenvalue weighted by atomic mass is 35.5.